The van der Waals surface area contributed by atoms with Crippen LogP contribution in [0, 0.1) is 0 Å². The van der Waals surface area contributed by atoms with Gasteiger partial charge in [0.1, 0.15) is 5.82 Å². The van der Waals surface area contributed by atoms with E-state index >= 15 is 0 Å². The van der Waals surface area contributed by atoms with Gasteiger partial charge in [-0.3, -0.25) is 4.79 Å². The van der Waals surface area contributed by atoms with E-state index in [2.05, 4.69) is 24.8 Å². The number of carbonyl (C=O) groups excluding carboxylic acids is 1. The number of ether oxygens (including phenoxy) is 1. The standard InChI is InChI=1S/C15H22N4O2S/c1-21-14(20)6-4-8-17-15(22)19-11-9-18(10-12-19)13-5-2-3-7-16-13/h2-3,5,7H,4,6,8-12H2,1H3,(H,17,22). The number of carbonyl (C=O) groups is 1. The number of anilines is 1. The van der Waals surface area contributed by atoms with E-state index in [1.807, 2.05) is 24.4 Å². The van der Waals surface area contributed by atoms with Crippen molar-refractivity contribution in [1.29, 1.82) is 0 Å². The number of aromatic nitrogens is 1. The van der Waals surface area contributed by atoms with Gasteiger partial charge in [-0.25, -0.2) is 4.98 Å². The first-order chi connectivity index (χ1) is 10.7. The molecule has 0 aromatic carbocycles. The fourth-order valence-corrected chi connectivity index (χ4v) is 2.61. The first-order valence-electron chi connectivity index (χ1n) is 7.46. The lowest BCUT2D eigenvalue weighted by molar-refractivity contribution is -0.140. The molecule has 0 aliphatic carbocycles. The van der Waals surface area contributed by atoms with Gasteiger partial charge in [-0.2, -0.15) is 0 Å². The highest BCUT2D eigenvalue weighted by Gasteiger charge is 2.19. The van der Waals surface area contributed by atoms with Crippen molar-refractivity contribution in [3.63, 3.8) is 0 Å². The summed E-state index contributed by atoms with van der Waals surface area (Å²) in [4.78, 5) is 19.8. The quantitative estimate of drug-likeness (QED) is 0.494. The number of piperazine rings is 1. The molecule has 1 aromatic heterocycles. The zero-order chi connectivity index (χ0) is 15.8. The zero-order valence-electron chi connectivity index (χ0n) is 12.8. The molecule has 0 amide bonds. The number of hydrogen-bond donors (Lipinski definition) is 1. The highest BCUT2D eigenvalue weighted by molar-refractivity contribution is 7.80. The minimum absolute atomic E-state index is 0.184. The third-order valence-electron chi connectivity index (χ3n) is 3.60. The predicted molar refractivity (Wildman–Crippen MR) is 89.9 cm³/mol. The molecule has 2 rings (SSSR count). The number of pyridine rings is 1. The summed E-state index contributed by atoms with van der Waals surface area (Å²) >= 11 is 5.40. The summed E-state index contributed by atoms with van der Waals surface area (Å²) in [6.07, 6.45) is 2.95. The lowest BCUT2D eigenvalue weighted by Gasteiger charge is -2.36. The molecule has 0 spiro atoms. The van der Waals surface area contributed by atoms with E-state index in [0.717, 1.165) is 43.5 Å². The van der Waals surface area contributed by atoms with Crippen molar-refractivity contribution in [2.24, 2.45) is 0 Å². The van der Waals surface area contributed by atoms with Crippen LogP contribution in [0.4, 0.5) is 5.82 Å². The van der Waals surface area contributed by atoms with E-state index in [4.69, 9.17) is 12.2 Å². The van der Waals surface area contributed by atoms with E-state index in [1.165, 1.54) is 7.11 Å². The van der Waals surface area contributed by atoms with Crippen LogP contribution in [0.15, 0.2) is 24.4 Å². The van der Waals surface area contributed by atoms with Crippen LogP contribution in [0.3, 0.4) is 0 Å². The Morgan fingerprint density at radius 1 is 1.36 bits per heavy atom. The molecule has 2 heterocycles. The maximum atomic E-state index is 11.0. The van der Waals surface area contributed by atoms with E-state index in [1.54, 1.807) is 0 Å². The molecule has 1 aliphatic heterocycles. The second-order valence-corrected chi connectivity index (χ2v) is 5.46. The zero-order valence-corrected chi connectivity index (χ0v) is 13.6. The smallest absolute Gasteiger partial charge is 0.305 e. The fraction of sp³-hybridized carbons (Fsp3) is 0.533. The molecule has 0 bridgehead atoms. The SMILES string of the molecule is COC(=O)CCCNC(=S)N1CCN(c2ccccn2)CC1. The molecule has 0 unspecified atom stereocenters. The second kappa shape index (κ2) is 8.53. The van der Waals surface area contributed by atoms with E-state index < -0.39 is 0 Å². The Hall–Kier alpha value is -1.89. The number of hydrogen-bond acceptors (Lipinski definition) is 5. The summed E-state index contributed by atoms with van der Waals surface area (Å²) in [7, 11) is 1.40. The number of esters is 1. The first-order valence-corrected chi connectivity index (χ1v) is 7.87. The summed E-state index contributed by atoms with van der Waals surface area (Å²) < 4.78 is 4.61. The third kappa shape index (κ3) is 4.84. The van der Waals surface area contributed by atoms with Gasteiger partial charge >= 0.3 is 5.97 Å². The van der Waals surface area contributed by atoms with Crippen molar-refractivity contribution in [3.8, 4) is 0 Å². The number of rotatable bonds is 5. The summed E-state index contributed by atoms with van der Waals surface area (Å²) in [6, 6.07) is 5.95. The average Bonchev–Trinajstić information content (AvgIpc) is 2.59. The van der Waals surface area contributed by atoms with Crippen LogP contribution in [0.25, 0.3) is 0 Å². The summed E-state index contributed by atoms with van der Waals surface area (Å²) in [6.45, 7) is 4.25. The Balaban J connectivity index is 1.68. The van der Waals surface area contributed by atoms with Crippen molar-refractivity contribution >= 4 is 29.1 Å². The summed E-state index contributed by atoms with van der Waals surface area (Å²) in [5.74, 6) is 0.829. The maximum absolute atomic E-state index is 11.0. The van der Waals surface area contributed by atoms with Gasteiger partial charge in [-0.1, -0.05) is 6.07 Å². The van der Waals surface area contributed by atoms with Gasteiger partial charge in [-0.15, -0.1) is 0 Å². The molecule has 1 N–H and O–H groups in total. The third-order valence-corrected chi connectivity index (χ3v) is 4.00. The Bertz CT molecular complexity index is 490. The monoisotopic (exact) mass is 322 g/mol. The molecule has 0 radical (unpaired) electrons. The Kier molecular flexibility index (Phi) is 6.39. The largest absolute Gasteiger partial charge is 0.469 e. The van der Waals surface area contributed by atoms with Gasteiger partial charge in [-0.05, 0) is 30.8 Å². The Morgan fingerprint density at radius 3 is 2.77 bits per heavy atom. The van der Waals surface area contributed by atoms with Gasteiger partial charge in [0.05, 0.1) is 7.11 Å². The molecular weight excluding hydrogens is 300 g/mol. The summed E-state index contributed by atoms with van der Waals surface area (Å²) in [5.41, 5.74) is 0. The molecule has 0 saturated carbocycles. The molecule has 22 heavy (non-hydrogen) atoms. The van der Waals surface area contributed by atoms with Gasteiger partial charge in [0.2, 0.25) is 0 Å². The minimum atomic E-state index is -0.184. The number of nitrogens with zero attached hydrogens (tertiary/aromatic N) is 3. The van der Waals surface area contributed by atoms with Crippen LogP contribution < -0.4 is 10.2 Å². The number of methoxy groups -OCH3 is 1. The summed E-state index contributed by atoms with van der Waals surface area (Å²) in [5, 5.41) is 3.96. The molecule has 120 valence electrons. The Morgan fingerprint density at radius 2 is 2.14 bits per heavy atom. The molecule has 6 nitrogen and oxygen atoms in total. The van der Waals surface area contributed by atoms with Gasteiger partial charge in [0.25, 0.3) is 0 Å². The van der Waals surface area contributed by atoms with Crippen molar-refractivity contribution in [2.75, 3.05) is 44.7 Å². The maximum Gasteiger partial charge on any atom is 0.305 e. The van der Waals surface area contributed by atoms with Crippen LogP contribution in [0.5, 0.6) is 0 Å². The number of thiocarbonyl (C=S) groups is 1. The van der Waals surface area contributed by atoms with Crippen molar-refractivity contribution < 1.29 is 9.53 Å². The lowest BCUT2D eigenvalue weighted by Crippen LogP contribution is -2.52. The minimum Gasteiger partial charge on any atom is -0.469 e. The highest BCUT2D eigenvalue weighted by Crippen LogP contribution is 2.12. The lowest BCUT2D eigenvalue weighted by atomic mass is 10.3. The van der Waals surface area contributed by atoms with Crippen LogP contribution >= 0.6 is 12.2 Å². The molecular formula is C15H22N4O2S. The second-order valence-electron chi connectivity index (χ2n) is 5.07. The van der Waals surface area contributed by atoms with Gasteiger partial charge in [0.15, 0.2) is 5.11 Å². The van der Waals surface area contributed by atoms with Crippen LogP contribution in [-0.2, 0) is 9.53 Å². The van der Waals surface area contributed by atoms with Crippen LogP contribution in [-0.4, -0.2) is 60.8 Å². The fourth-order valence-electron chi connectivity index (χ4n) is 2.32. The van der Waals surface area contributed by atoms with Gasteiger partial charge < -0.3 is 19.9 Å². The normalized spacial score (nSPS) is 14.6. The molecule has 1 aromatic rings. The molecule has 1 saturated heterocycles. The van der Waals surface area contributed by atoms with E-state index in [0.29, 0.717) is 13.0 Å². The van der Waals surface area contributed by atoms with E-state index in [9.17, 15) is 4.79 Å². The van der Waals surface area contributed by atoms with E-state index in [-0.39, 0.29) is 5.97 Å². The Labute approximate surface area is 136 Å². The molecule has 1 aliphatic rings. The van der Waals surface area contributed by atoms with Crippen molar-refractivity contribution in [3.05, 3.63) is 24.4 Å². The first kappa shape index (κ1) is 16.5. The average molecular weight is 322 g/mol. The van der Waals surface area contributed by atoms with Crippen molar-refractivity contribution in [2.45, 2.75) is 12.8 Å². The molecule has 0 atom stereocenters. The highest BCUT2D eigenvalue weighted by atomic mass is 32.1. The topological polar surface area (TPSA) is 57.7 Å². The molecule has 7 heteroatoms. The molecule has 1 fully saturated rings. The number of nitrogens with one attached hydrogen (secondary N) is 1. The van der Waals surface area contributed by atoms with Crippen LogP contribution in [0.1, 0.15) is 12.8 Å². The van der Waals surface area contributed by atoms with Crippen LogP contribution in [0.2, 0.25) is 0 Å². The van der Waals surface area contributed by atoms with Gasteiger partial charge in [0, 0.05) is 45.3 Å². The van der Waals surface area contributed by atoms with Crippen molar-refractivity contribution in [1.82, 2.24) is 15.2 Å². The predicted octanol–water partition coefficient (Wildman–Crippen LogP) is 1.03.